The summed E-state index contributed by atoms with van der Waals surface area (Å²) in [6, 6.07) is 28.7. The maximum Gasteiger partial charge on any atom is 0.171 e. The summed E-state index contributed by atoms with van der Waals surface area (Å²) < 4.78 is 0. The van der Waals surface area contributed by atoms with Gasteiger partial charge in [-0.05, 0) is 29.3 Å². The van der Waals surface area contributed by atoms with Crippen LogP contribution < -0.4 is 9.68 Å². The Labute approximate surface area is 173 Å². The molecular weight excluding hydrogens is 380 g/mol. The Hall–Kier alpha value is -4.32. The Bertz CT molecular complexity index is 1160. The summed E-state index contributed by atoms with van der Waals surface area (Å²) >= 11 is 0. The van der Waals surface area contributed by atoms with Gasteiger partial charge in [-0.3, -0.25) is 0 Å². The molecule has 0 heterocycles. The molecule has 0 unspecified atom stereocenters. The molecule has 6 heteroatoms. The zero-order valence-corrected chi connectivity index (χ0v) is 15.8. The van der Waals surface area contributed by atoms with Gasteiger partial charge in [-0.15, -0.1) is 0 Å². The second-order valence-corrected chi connectivity index (χ2v) is 6.44. The van der Waals surface area contributed by atoms with Crippen molar-refractivity contribution in [1.29, 1.82) is 0 Å². The predicted octanol–water partition coefficient (Wildman–Crippen LogP) is 6.17. The average molecular weight is 398 g/mol. The maximum absolute atomic E-state index is 10.6. The lowest BCUT2D eigenvalue weighted by atomic mass is 9.97. The van der Waals surface area contributed by atoms with Crippen molar-refractivity contribution < 1.29 is 19.9 Å². The molecule has 148 valence electrons. The van der Waals surface area contributed by atoms with Gasteiger partial charge in [-0.2, -0.15) is 0 Å². The molecule has 0 spiro atoms. The molecule has 30 heavy (non-hydrogen) atoms. The number of phenolic OH excluding ortho intramolecular Hbond substituents is 2. The van der Waals surface area contributed by atoms with Gasteiger partial charge in [-0.1, -0.05) is 66.7 Å². The van der Waals surface area contributed by atoms with Crippen LogP contribution >= 0.6 is 0 Å². The first-order valence-corrected chi connectivity index (χ1v) is 9.22. The predicted molar refractivity (Wildman–Crippen MR) is 113 cm³/mol. The third-order valence-corrected chi connectivity index (χ3v) is 4.40. The molecule has 0 aliphatic carbocycles. The van der Waals surface area contributed by atoms with E-state index in [1.54, 1.807) is 12.1 Å². The van der Waals surface area contributed by atoms with Crippen molar-refractivity contribution in [1.82, 2.24) is 0 Å². The Morgan fingerprint density at radius 3 is 1.87 bits per heavy atom. The lowest BCUT2D eigenvalue weighted by Gasteiger charge is -2.12. The van der Waals surface area contributed by atoms with Gasteiger partial charge in [0.15, 0.2) is 11.5 Å². The molecule has 0 saturated heterocycles. The minimum atomic E-state index is 0.0522. The second kappa shape index (κ2) is 8.79. The second-order valence-electron chi connectivity index (χ2n) is 6.44. The number of hydrogen-bond acceptors (Lipinski definition) is 6. The quantitative estimate of drug-likeness (QED) is 0.300. The van der Waals surface area contributed by atoms with Crippen molar-refractivity contribution in [3.63, 3.8) is 0 Å². The van der Waals surface area contributed by atoms with E-state index in [4.69, 9.17) is 9.68 Å². The van der Waals surface area contributed by atoms with E-state index in [-0.39, 0.29) is 11.5 Å². The number of hydrogen-bond donors (Lipinski definition) is 2. The van der Waals surface area contributed by atoms with Gasteiger partial charge < -0.3 is 19.9 Å². The summed E-state index contributed by atoms with van der Waals surface area (Å²) in [6.07, 6.45) is 0. The summed E-state index contributed by atoms with van der Waals surface area (Å²) in [7, 11) is 0. The monoisotopic (exact) mass is 398 g/mol. The fourth-order valence-corrected chi connectivity index (χ4v) is 3.00. The molecular formula is C24H18N2O4. The number of aromatic hydroxyl groups is 2. The van der Waals surface area contributed by atoms with E-state index in [0.717, 1.165) is 16.7 Å². The summed E-state index contributed by atoms with van der Waals surface area (Å²) in [5.74, 6) is 0.742. The number of rotatable bonds is 6. The van der Waals surface area contributed by atoms with E-state index in [1.807, 2.05) is 66.7 Å². The summed E-state index contributed by atoms with van der Waals surface area (Å²) in [5, 5.41) is 27.2. The Morgan fingerprint density at radius 2 is 1.20 bits per heavy atom. The number of phenols is 2. The first-order chi connectivity index (χ1) is 14.7. The molecule has 0 atom stereocenters. The fraction of sp³-hybridized carbons (Fsp3) is 0. The molecule has 0 aliphatic heterocycles. The molecule has 4 aromatic carbocycles. The van der Waals surface area contributed by atoms with Gasteiger partial charge in [0.1, 0.15) is 11.5 Å². The molecule has 0 aromatic heterocycles. The highest BCUT2D eigenvalue weighted by molar-refractivity contribution is 5.81. The van der Waals surface area contributed by atoms with Crippen LogP contribution in [0.15, 0.2) is 108 Å². The van der Waals surface area contributed by atoms with Crippen LogP contribution in [0.5, 0.6) is 23.0 Å². The van der Waals surface area contributed by atoms with Crippen molar-refractivity contribution in [3.8, 4) is 45.3 Å². The summed E-state index contributed by atoms with van der Waals surface area (Å²) in [5.41, 5.74) is 3.19. The van der Waals surface area contributed by atoms with Crippen molar-refractivity contribution in [2.24, 2.45) is 10.6 Å². The first-order valence-electron chi connectivity index (χ1n) is 9.22. The lowest BCUT2D eigenvalue weighted by Crippen LogP contribution is -1.91. The van der Waals surface area contributed by atoms with Crippen LogP contribution in [0.25, 0.3) is 22.3 Å². The molecule has 0 saturated carbocycles. The molecule has 0 aliphatic rings. The third-order valence-electron chi connectivity index (χ3n) is 4.40. The van der Waals surface area contributed by atoms with Crippen LogP contribution in [-0.2, 0) is 0 Å². The van der Waals surface area contributed by atoms with Crippen molar-refractivity contribution >= 4 is 0 Å². The van der Waals surface area contributed by atoms with Crippen molar-refractivity contribution in [3.05, 3.63) is 97.1 Å². The normalized spacial score (nSPS) is 10.8. The molecule has 2 N–H and O–H groups in total. The first kappa shape index (κ1) is 19.0. The van der Waals surface area contributed by atoms with E-state index in [2.05, 4.69) is 10.6 Å². The molecule has 0 amide bonds. The average Bonchev–Trinajstić information content (AvgIpc) is 2.78. The van der Waals surface area contributed by atoms with Gasteiger partial charge >= 0.3 is 0 Å². The highest BCUT2D eigenvalue weighted by Crippen LogP contribution is 2.40. The molecule has 4 rings (SSSR count). The Balaban J connectivity index is 1.65. The van der Waals surface area contributed by atoms with Gasteiger partial charge in [0, 0.05) is 23.3 Å². The minimum Gasteiger partial charge on any atom is -0.508 e. The minimum absolute atomic E-state index is 0.0522. The Morgan fingerprint density at radius 1 is 0.567 bits per heavy atom. The summed E-state index contributed by atoms with van der Waals surface area (Å²) in [6.45, 7) is 0. The smallest absolute Gasteiger partial charge is 0.171 e. The van der Waals surface area contributed by atoms with Crippen LogP contribution in [0.4, 0.5) is 0 Å². The van der Waals surface area contributed by atoms with Crippen LogP contribution in [0.3, 0.4) is 0 Å². The van der Waals surface area contributed by atoms with Gasteiger partial charge in [0.25, 0.3) is 0 Å². The largest absolute Gasteiger partial charge is 0.508 e. The SMILES string of the molecule is Oc1cccc(ON=NOc2cc(O)c(-c3ccccc3)cc2-c2ccccc2)c1. The van der Waals surface area contributed by atoms with Crippen molar-refractivity contribution in [2.45, 2.75) is 0 Å². The van der Waals surface area contributed by atoms with Crippen LogP contribution in [0.1, 0.15) is 0 Å². The Kier molecular flexibility index (Phi) is 5.57. The highest BCUT2D eigenvalue weighted by Gasteiger charge is 2.14. The summed E-state index contributed by atoms with van der Waals surface area (Å²) in [4.78, 5) is 10.5. The molecule has 0 fully saturated rings. The molecule has 0 bridgehead atoms. The third kappa shape index (κ3) is 4.39. The topological polar surface area (TPSA) is 83.6 Å². The fourth-order valence-electron chi connectivity index (χ4n) is 3.00. The van der Waals surface area contributed by atoms with E-state index < -0.39 is 0 Å². The number of benzene rings is 4. The number of nitrogens with zero attached hydrogens (tertiary/aromatic N) is 2. The van der Waals surface area contributed by atoms with Crippen LogP contribution in [0.2, 0.25) is 0 Å². The van der Waals surface area contributed by atoms with Gasteiger partial charge in [-0.25, -0.2) is 0 Å². The van der Waals surface area contributed by atoms with E-state index in [1.165, 1.54) is 18.2 Å². The van der Waals surface area contributed by atoms with Crippen molar-refractivity contribution in [2.75, 3.05) is 0 Å². The van der Waals surface area contributed by atoms with Crippen LogP contribution in [-0.4, -0.2) is 10.2 Å². The lowest BCUT2D eigenvalue weighted by molar-refractivity contribution is 0.208. The van der Waals surface area contributed by atoms with Crippen LogP contribution in [0, 0.1) is 0 Å². The standard InChI is InChI=1S/C24H18N2O4/c27-19-12-7-13-20(14-19)29-25-26-30-24-16-23(28)21(17-8-3-1-4-9-17)15-22(24)18-10-5-2-6-11-18/h1-16,27-28H. The van der Waals surface area contributed by atoms with E-state index >= 15 is 0 Å². The maximum atomic E-state index is 10.6. The molecule has 4 aromatic rings. The van der Waals surface area contributed by atoms with Gasteiger partial charge in [0.05, 0.1) is 10.6 Å². The molecule has 0 radical (unpaired) electrons. The van der Waals surface area contributed by atoms with Gasteiger partial charge in [0.2, 0.25) is 0 Å². The van der Waals surface area contributed by atoms with E-state index in [0.29, 0.717) is 17.1 Å². The van der Waals surface area contributed by atoms with E-state index in [9.17, 15) is 10.2 Å². The highest BCUT2D eigenvalue weighted by atomic mass is 16.7. The zero-order valence-electron chi connectivity index (χ0n) is 15.8. The molecule has 6 nitrogen and oxygen atoms in total. The zero-order chi connectivity index (χ0) is 20.8.